The van der Waals surface area contributed by atoms with Crippen molar-refractivity contribution in [2.24, 2.45) is 0 Å². The van der Waals surface area contributed by atoms with E-state index >= 15 is 0 Å². The van der Waals surface area contributed by atoms with Crippen LogP contribution >= 0.6 is 0 Å². The Morgan fingerprint density at radius 1 is 1.09 bits per heavy atom. The van der Waals surface area contributed by atoms with Gasteiger partial charge in [-0.05, 0) is 54.8 Å². The van der Waals surface area contributed by atoms with Crippen LogP contribution in [0.3, 0.4) is 0 Å². The second kappa shape index (κ2) is 7.05. The molecular formula is C18H18FNO3. The second-order valence-corrected chi connectivity index (χ2v) is 5.02. The Morgan fingerprint density at radius 3 is 2.35 bits per heavy atom. The predicted octanol–water partition coefficient (Wildman–Crippen LogP) is 3.34. The summed E-state index contributed by atoms with van der Waals surface area (Å²) >= 11 is 0. The molecule has 0 unspecified atom stereocenters. The molecule has 2 aromatic carbocycles. The number of rotatable bonds is 4. The van der Waals surface area contributed by atoms with Crippen LogP contribution in [0.4, 0.5) is 4.39 Å². The molecule has 0 saturated heterocycles. The van der Waals surface area contributed by atoms with Crippen LogP contribution in [0.2, 0.25) is 0 Å². The molecule has 0 radical (unpaired) electrons. The molecule has 0 heterocycles. The SMILES string of the molecule is CCOC(=O)c1ccc(-c2ccc(F)c(C)c2)cc1C(=O)NC. The maximum Gasteiger partial charge on any atom is 0.338 e. The van der Waals surface area contributed by atoms with Crippen molar-refractivity contribution < 1.29 is 18.7 Å². The molecule has 0 aliphatic rings. The van der Waals surface area contributed by atoms with Crippen LogP contribution in [0, 0.1) is 12.7 Å². The molecule has 0 saturated carbocycles. The highest BCUT2D eigenvalue weighted by Crippen LogP contribution is 2.25. The lowest BCUT2D eigenvalue weighted by atomic mass is 9.97. The molecule has 23 heavy (non-hydrogen) atoms. The molecule has 0 bridgehead atoms. The number of hydrogen-bond donors (Lipinski definition) is 1. The molecular weight excluding hydrogens is 297 g/mol. The summed E-state index contributed by atoms with van der Waals surface area (Å²) in [5.41, 5.74) is 2.43. The number of aryl methyl sites for hydroxylation is 1. The van der Waals surface area contributed by atoms with Gasteiger partial charge in [-0.2, -0.15) is 0 Å². The van der Waals surface area contributed by atoms with E-state index in [0.717, 1.165) is 11.1 Å². The minimum atomic E-state index is -0.548. The second-order valence-electron chi connectivity index (χ2n) is 5.02. The monoisotopic (exact) mass is 315 g/mol. The summed E-state index contributed by atoms with van der Waals surface area (Å²) in [5, 5.41) is 2.51. The van der Waals surface area contributed by atoms with E-state index in [2.05, 4.69) is 5.32 Å². The van der Waals surface area contributed by atoms with E-state index in [1.54, 1.807) is 44.2 Å². The van der Waals surface area contributed by atoms with Crippen molar-refractivity contribution in [3.8, 4) is 11.1 Å². The number of carbonyl (C=O) groups excluding carboxylic acids is 2. The number of nitrogens with one attached hydrogen (secondary N) is 1. The largest absolute Gasteiger partial charge is 0.462 e. The number of benzene rings is 2. The van der Waals surface area contributed by atoms with E-state index in [4.69, 9.17) is 4.74 Å². The van der Waals surface area contributed by atoms with E-state index in [0.29, 0.717) is 5.56 Å². The average Bonchev–Trinajstić information content (AvgIpc) is 2.56. The Hall–Kier alpha value is -2.69. The number of hydrogen-bond acceptors (Lipinski definition) is 3. The summed E-state index contributed by atoms with van der Waals surface area (Å²) in [4.78, 5) is 24.0. The zero-order valence-corrected chi connectivity index (χ0v) is 13.3. The molecule has 0 aliphatic heterocycles. The molecule has 0 fully saturated rings. The zero-order valence-electron chi connectivity index (χ0n) is 13.3. The Labute approximate surface area is 134 Å². The smallest absolute Gasteiger partial charge is 0.338 e. The van der Waals surface area contributed by atoms with Crippen molar-refractivity contribution in [3.05, 3.63) is 58.9 Å². The van der Waals surface area contributed by atoms with Gasteiger partial charge in [-0.25, -0.2) is 9.18 Å². The third-order valence-corrected chi connectivity index (χ3v) is 3.48. The number of esters is 1. The fourth-order valence-electron chi connectivity index (χ4n) is 2.26. The summed E-state index contributed by atoms with van der Waals surface area (Å²) < 4.78 is 18.4. The Balaban J connectivity index is 2.53. The fourth-order valence-corrected chi connectivity index (χ4v) is 2.26. The van der Waals surface area contributed by atoms with Gasteiger partial charge >= 0.3 is 5.97 Å². The van der Waals surface area contributed by atoms with Gasteiger partial charge in [-0.1, -0.05) is 12.1 Å². The van der Waals surface area contributed by atoms with E-state index < -0.39 is 5.97 Å². The summed E-state index contributed by atoms with van der Waals surface area (Å²) in [7, 11) is 1.49. The van der Waals surface area contributed by atoms with Gasteiger partial charge in [0, 0.05) is 7.05 Å². The number of ether oxygens (including phenoxy) is 1. The molecule has 2 rings (SSSR count). The highest BCUT2D eigenvalue weighted by atomic mass is 19.1. The summed E-state index contributed by atoms with van der Waals surface area (Å²) in [6.45, 7) is 3.60. The van der Waals surface area contributed by atoms with Gasteiger partial charge in [-0.3, -0.25) is 4.79 Å². The Bertz CT molecular complexity index is 756. The molecule has 0 atom stereocenters. The van der Waals surface area contributed by atoms with Crippen molar-refractivity contribution >= 4 is 11.9 Å². The Kier molecular flexibility index (Phi) is 5.11. The first-order valence-electron chi connectivity index (χ1n) is 7.27. The lowest BCUT2D eigenvalue weighted by Crippen LogP contribution is -2.22. The molecule has 120 valence electrons. The molecule has 0 aliphatic carbocycles. The van der Waals surface area contributed by atoms with Gasteiger partial charge in [-0.15, -0.1) is 0 Å². The maximum atomic E-state index is 13.4. The van der Waals surface area contributed by atoms with Gasteiger partial charge in [0.2, 0.25) is 0 Å². The molecule has 0 aromatic heterocycles. The van der Waals surface area contributed by atoms with Gasteiger partial charge in [0.25, 0.3) is 5.91 Å². The normalized spacial score (nSPS) is 10.3. The first-order chi connectivity index (χ1) is 11.0. The van der Waals surface area contributed by atoms with E-state index in [9.17, 15) is 14.0 Å². The van der Waals surface area contributed by atoms with Gasteiger partial charge in [0.15, 0.2) is 0 Å². The topological polar surface area (TPSA) is 55.4 Å². The first-order valence-corrected chi connectivity index (χ1v) is 7.27. The summed E-state index contributed by atoms with van der Waals surface area (Å²) in [5.74, 6) is -1.22. The predicted molar refractivity (Wildman–Crippen MR) is 85.9 cm³/mol. The molecule has 4 nitrogen and oxygen atoms in total. The number of amides is 1. The lowest BCUT2D eigenvalue weighted by molar-refractivity contribution is 0.0522. The van der Waals surface area contributed by atoms with Crippen molar-refractivity contribution in [2.45, 2.75) is 13.8 Å². The lowest BCUT2D eigenvalue weighted by Gasteiger charge is -2.11. The minimum absolute atomic E-state index is 0.203. The Morgan fingerprint density at radius 2 is 1.74 bits per heavy atom. The molecule has 1 N–H and O–H groups in total. The summed E-state index contributed by atoms with van der Waals surface area (Å²) in [6.07, 6.45) is 0. The van der Waals surface area contributed by atoms with Crippen LogP contribution in [0.5, 0.6) is 0 Å². The van der Waals surface area contributed by atoms with Crippen molar-refractivity contribution in [2.75, 3.05) is 13.7 Å². The highest BCUT2D eigenvalue weighted by molar-refractivity contribution is 6.06. The average molecular weight is 315 g/mol. The first kappa shape index (κ1) is 16.7. The van der Waals surface area contributed by atoms with Crippen LogP contribution in [-0.4, -0.2) is 25.5 Å². The zero-order chi connectivity index (χ0) is 17.0. The van der Waals surface area contributed by atoms with Crippen molar-refractivity contribution in [1.82, 2.24) is 5.32 Å². The van der Waals surface area contributed by atoms with E-state index in [1.807, 2.05) is 0 Å². The van der Waals surface area contributed by atoms with Crippen LogP contribution in [0.25, 0.3) is 11.1 Å². The van der Waals surface area contributed by atoms with Crippen LogP contribution in [0.1, 0.15) is 33.2 Å². The molecule has 0 spiro atoms. The standard InChI is InChI=1S/C18H18FNO3/c1-4-23-18(22)14-7-5-13(10-15(14)17(21)20-3)12-6-8-16(19)11(2)9-12/h5-10H,4H2,1-3H3,(H,20,21). The van der Waals surface area contributed by atoms with E-state index in [-0.39, 0.29) is 29.5 Å². The third kappa shape index (κ3) is 3.56. The quantitative estimate of drug-likeness (QED) is 0.880. The van der Waals surface area contributed by atoms with Gasteiger partial charge in [0.1, 0.15) is 5.82 Å². The van der Waals surface area contributed by atoms with Gasteiger partial charge in [0.05, 0.1) is 17.7 Å². The number of carbonyl (C=O) groups is 2. The fraction of sp³-hybridized carbons (Fsp3) is 0.222. The van der Waals surface area contributed by atoms with Crippen molar-refractivity contribution in [3.63, 3.8) is 0 Å². The van der Waals surface area contributed by atoms with Crippen LogP contribution in [0.15, 0.2) is 36.4 Å². The van der Waals surface area contributed by atoms with E-state index in [1.165, 1.54) is 13.1 Å². The van der Waals surface area contributed by atoms with Gasteiger partial charge < -0.3 is 10.1 Å². The molecule has 2 aromatic rings. The van der Waals surface area contributed by atoms with Crippen LogP contribution < -0.4 is 5.32 Å². The minimum Gasteiger partial charge on any atom is -0.462 e. The van der Waals surface area contributed by atoms with Crippen LogP contribution in [-0.2, 0) is 4.74 Å². The highest BCUT2D eigenvalue weighted by Gasteiger charge is 2.18. The third-order valence-electron chi connectivity index (χ3n) is 3.48. The molecule has 1 amide bonds. The molecule has 5 heteroatoms. The number of halogens is 1. The maximum absolute atomic E-state index is 13.4. The summed E-state index contributed by atoms with van der Waals surface area (Å²) in [6, 6.07) is 9.58. The van der Waals surface area contributed by atoms with Crippen molar-refractivity contribution in [1.29, 1.82) is 0 Å².